The van der Waals surface area contributed by atoms with Crippen LogP contribution in [0.25, 0.3) is 0 Å². The average molecular weight is 349 g/mol. The van der Waals surface area contributed by atoms with Gasteiger partial charge in [-0.15, -0.1) is 0 Å². The molecule has 2 aromatic rings. The number of nitrogens with zero attached hydrogens (tertiary/aromatic N) is 1. The van der Waals surface area contributed by atoms with E-state index >= 15 is 0 Å². The van der Waals surface area contributed by atoms with E-state index in [1.54, 1.807) is 24.3 Å². The second-order valence-electron chi connectivity index (χ2n) is 3.47. The lowest BCUT2D eigenvalue weighted by atomic mass is 10.3. The molecule has 1 heterocycles. The number of halogens is 3. The highest BCUT2D eigenvalue weighted by molar-refractivity contribution is 9.10. The van der Waals surface area contributed by atoms with E-state index in [2.05, 4.69) is 20.9 Å². The summed E-state index contributed by atoms with van der Waals surface area (Å²) in [5.41, 5.74) is 0.627. The number of ether oxygens (including phenoxy) is 1. The molecule has 0 atom stereocenters. The maximum atomic E-state index is 8.96. The Bertz CT molecular complexity index is 578. The van der Waals surface area contributed by atoms with Gasteiger partial charge >= 0.3 is 0 Å². The number of pyridine rings is 1. The minimum Gasteiger partial charge on any atom is -0.436 e. The molecule has 1 aromatic heterocycles. The highest BCUT2D eigenvalue weighted by Gasteiger charge is 2.09. The Labute approximate surface area is 122 Å². The van der Waals surface area contributed by atoms with Crippen molar-refractivity contribution >= 4 is 39.1 Å². The maximum Gasteiger partial charge on any atom is 0.238 e. The Morgan fingerprint density at radius 1 is 1.28 bits per heavy atom. The van der Waals surface area contributed by atoms with Gasteiger partial charge in [-0.1, -0.05) is 23.2 Å². The number of aliphatic hydroxyl groups excluding tert-OH is 1. The second kappa shape index (κ2) is 5.89. The fourth-order valence-corrected chi connectivity index (χ4v) is 2.28. The molecule has 0 spiro atoms. The molecule has 3 nitrogen and oxygen atoms in total. The van der Waals surface area contributed by atoms with Crippen LogP contribution in [0.2, 0.25) is 10.0 Å². The van der Waals surface area contributed by atoms with E-state index in [-0.39, 0.29) is 12.5 Å². The molecule has 1 aromatic carbocycles. The summed E-state index contributed by atoms with van der Waals surface area (Å²) in [5.74, 6) is 0.836. The molecule has 1 N–H and O–H groups in total. The van der Waals surface area contributed by atoms with E-state index in [1.807, 2.05) is 0 Å². The Balaban J connectivity index is 2.28. The fourth-order valence-electron chi connectivity index (χ4n) is 1.29. The van der Waals surface area contributed by atoms with E-state index in [9.17, 15) is 0 Å². The van der Waals surface area contributed by atoms with Gasteiger partial charge in [0.15, 0.2) is 0 Å². The minimum absolute atomic E-state index is 0.113. The molecule has 6 heteroatoms. The number of aromatic nitrogens is 1. The largest absolute Gasteiger partial charge is 0.436 e. The van der Waals surface area contributed by atoms with Crippen LogP contribution in [0.4, 0.5) is 0 Å². The highest BCUT2D eigenvalue weighted by atomic mass is 79.9. The van der Waals surface area contributed by atoms with Gasteiger partial charge in [0.05, 0.1) is 11.1 Å². The molecule has 0 fully saturated rings. The van der Waals surface area contributed by atoms with Crippen LogP contribution in [0, 0.1) is 0 Å². The molecular formula is C12H8BrCl2NO2. The Morgan fingerprint density at radius 2 is 2.06 bits per heavy atom. The number of benzene rings is 1. The van der Waals surface area contributed by atoms with Crippen molar-refractivity contribution in [2.45, 2.75) is 6.61 Å². The first-order chi connectivity index (χ1) is 8.60. The summed E-state index contributed by atoms with van der Waals surface area (Å²) in [7, 11) is 0. The van der Waals surface area contributed by atoms with Crippen molar-refractivity contribution in [3.63, 3.8) is 0 Å². The van der Waals surface area contributed by atoms with Gasteiger partial charge in [0.25, 0.3) is 0 Å². The first kappa shape index (κ1) is 13.6. The van der Waals surface area contributed by atoms with Gasteiger partial charge in [0.2, 0.25) is 5.88 Å². The molecule has 2 rings (SSSR count). The first-order valence-corrected chi connectivity index (χ1v) is 6.53. The lowest BCUT2D eigenvalue weighted by Crippen LogP contribution is -1.92. The molecule has 94 valence electrons. The van der Waals surface area contributed by atoms with E-state index < -0.39 is 0 Å². The van der Waals surface area contributed by atoms with Gasteiger partial charge in [0.1, 0.15) is 10.8 Å². The van der Waals surface area contributed by atoms with E-state index in [0.717, 1.165) is 0 Å². The van der Waals surface area contributed by atoms with E-state index in [1.165, 1.54) is 6.20 Å². The molecule has 0 amide bonds. The smallest absolute Gasteiger partial charge is 0.238 e. The van der Waals surface area contributed by atoms with Crippen LogP contribution in [0.5, 0.6) is 11.6 Å². The van der Waals surface area contributed by atoms with E-state index in [0.29, 0.717) is 25.8 Å². The zero-order valence-corrected chi connectivity index (χ0v) is 12.1. The second-order valence-corrected chi connectivity index (χ2v) is 5.16. The number of rotatable bonds is 3. The maximum absolute atomic E-state index is 8.96. The average Bonchev–Trinajstić information content (AvgIpc) is 2.34. The lowest BCUT2D eigenvalue weighted by molar-refractivity contribution is 0.281. The fraction of sp³-hybridized carbons (Fsp3) is 0.0833. The van der Waals surface area contributed by atoms with Crippen LogP contribution in [-0.4, -0.2) is 10.1 Å². The monoisotopic (exact) mass is 347 g/mol. The van der Waals surface area contributed by atoms with Gasteiger partial charge in [0, 0.05) is 11.2 Å². The van der Waals surface area contributed by atoms with Crippen molar-refractivity contribution < 1.29 is 9.84 Å². The molecule has 0 unspecified atom stereocenters. The summed E-state index contributed by atoms with van der Waals surface area (Å²) in [6.07, 6.45) is 1.50. The summed E-state index contributed by atoms with van der Waals surface area (Å²) < 4.78 is 6.27. The molecular weight excluding hydrogens is 341 g/mol. The van der Waals surface area contributed by atoms with Crippen molar-refractivity contribution in [1.29, 1.82) is 0 Å². The van der Waals surface area contributed by atoms with Gasteiger partial charge in [-0.25, -0.2) is 4.98 Å². The lowest BCUT2D eigenvalue weighted by Gasteiger charge is -2.09. The van der Waals surface area contributed by atoms with E-state index in [4.69, 9.17) is 33.0 Å². The molecule has 0 aliphatic carbocycles. The van der Waals surface area contributed by atoms with Gasteiger partial charge in [-0.05, 0) is 45.8 Å². The normalized spacial score (nSPS) is 10.4. The molecule has 0 saturated heterocycles. The summed E-state index contributed by atoms with van der Waals surface area (Å²) in [6.45, 7) is -0.113. The van der Waals surface area contributed by atoms with Crippen LogP contribution in [-0.2, 0) is 6.61 Å². The minimum atomic E-state index is -0.113. The quantitative estimate of drug-likeness (QED) is 0.891. The summed E-state index contributed by atoms with van der Waals surface area (Å²) >= 11 is 15.2. The summed E-state index contributed by atoms with van der Waals surface area (Å²) in [5, 5.41) is 9.89. The molecule has 0 bridgehead atoms. The van der Waals surface area contributed by atoms with Gasteiger partial charge in [-0.2, -0.15) is 0 Å². The zero-order valence-electron chi connectivity index (χ0n) is 9.03. The van der Waals surface area contributed by atoms with Gasteiger partial charge in [-0.3, -0.25) is 0 Å². The van der Waals surface area contributed by atoms with Crippen LogP contribution < -0.4 is 4.74 Å². The summed E-state index contributed by atoms with van der Waals surface area (Å²) in [4.78, 5) is 4.04. The summed E-state index contributed by atoms with van der Waals surface area (Å²) in [6, 6.07) is 6.74. The van der Waals surface area contributed by atoms with Crippen molar-refractivity contribution in [2.24, 2.45) is 0 Å². The number of hydrogen-bond acceptors (Lipinski definition) is 3. The van der Waals surface area contributed by atoms with Crippen LogP contribution in [0.1, 0.15) is 5.56 Å². The van der Waals surface area contributed by atoms with Crippen LogP contribution in [0.3, 0.4) is 0 Å². The Morgan fingerprint density at radius 3 is 2.67 bits per heavy atom. The molecule has 18 heavy (non-hydrogen) atoms. The third kappa shape index (κ3) is 3.14. The van der Waals surface area contributed by atoms with Crippen molar-refractivity contribution in [2.75, 3.05) is 0 Å². The molecule has 0 aliphatic heterocycles. The first-order valence-electron chi connectivity index (χ1n) is 4.98. The Kier molecular flexibility index (Phi) is 4.45. The van der Waals surface area contributed by atoms with Crippen molar-refractivity contribution in [3.8, 4) is 11.6 Å². The van der Waals surface area contributed by atoms with Gasteiger partial charge < -0.3 is 9.84 Å². The molecule has 0 aliphatic rings. The topological polar surface area (TPSA) is 42.4 Å². The standard InChI is InChI=1S/C12H8BrCl2NO2/c13-9-4-8(14)1-2-11(9)18-12-10(15)3-7(6-17)5-16-12/h1-5,17H,6H2. The van der Waals surface area contributed by atoms with Crippen molar-refractivity contribution in [3.05, 3.63) is 50.5 Å². The van der Waals surface area contributed by atoms with Crippen LogP contribution in [0.15, 0.2) is 34.9 Å². The third-order valence-electron chi connectivity index (χ3n) is 2.15. The predicted molar refractivity (Wildman–Crippen MR) is 74.4 cm³/mol. The predicted octanol–water partition coefficient (Wildman–Crippen LogP) is 4.44. The van der Waals surface area contributed by atoms with Crippen LogP contribution >= 0.6 is 39.1 Å². The number of aliphatic hydroxyl groups is 1. The third-order valence-corrected chi connectivity index (χ3v) is 3.27. The Hall–Kier alpha value is -0.810. The van der Waals surface area contributed by atoms with Crippen molar-refractivity contribution in [1.82, 2.24) is 4.98 Å². The highest BCUT2D eigenvalue weighted by Crippen LogP contribution is 2.34. The zero-order chi connectivity index (χ0) is 13.1. The molecule has 0 saturated carbocycles. The SMILES string of the molecule is OCc1cnc(Oc2ccc(Cl)cc2Br)c(Cl)c1. The molecule has 0 radical (unpaired) electrons. The number of hydrogen-bond donors (Lipinski definition) is 1.